The molecule has 0 saturated carbocycles. The van der Waals surface area contributed by atoms with E-state index in [9.17, 15) is 4.79 Å². The number of amides is 1. The number of hydrogen-bond donors (Lipinski definition) is 0. The first-order chi connectivity index (χ1) is 13.7. The lowest BCUT2D eigenvalue weighted by Crippen LogP contribution is -2.41. The van der Waals surface area contributed by atoms with Crippen molar-refractivity contribution in [3.8, 4) is 11.1 Å². The van der Waals surface area contributed by atoms with E-state index in [2.05, 4.69) is 34.6 Å². The number of piperidine rings is 1. The van der Waals surface area contributed by atoms with E-state index >= 15 is 0 Å². The minimum absolute atomic E-state index is 0.123. The fraction of sp³-hybridized carbons (Fsp3) is 0.409. The van der Waals surface area contributed by atoms with Gasteiger partial charge in [-0.1, -0.05) is 12.1 Å². The second-order valence-electron chi connectivity index (χ2n) is 7.56. The molecule has 2 aromatic heterocycles. The van der Waals surface area contributed by atoms with Crippen molar-refractivity contribution in [1.82, 2.24) is 24.2 Å². The van der Waals surface area contributed by atoms with Crippen molar-refractivity contribution < 1.29 is 4.79 Å². The van der Waals surface area contributed by atoms with Gasteiger partial charge in [0.2, 0.25) is 0 Å². The second-order valence-corrected chi connectivity index (χ2v) is 7.56. The Morgan fingerprint density at radius 1 is 1.32 bits per heavy atom. The molecule has 0 radical (unpaired) electrons. The monoisotopic (exact) mass is 377 g/mol. The summed E-state index contributed by atoms with van der Waals surface area (Å²) in [5, 5.41) is 4.43. The standard InChI is InChI=1S/C22H27N5O/c1-3-27-17(2)21(13-24-27)19-7-4-8-20(12-19)22(28)26-10-5-6-18(15-26)14-25-11-9-23-16-25/h4,7-9,11-13,16,18H,3,5-6,10,14-15H2,1-2H3/t18-/m0/s1. The second kappa shape index (κ2) is 8.00. The topological polar surface area (TPSA) is 56.0 Å². The zero-order valence-electron chi connectivity index (χ0n) is 16.6. The zero-order chi connectivity index (χ0) is 19.5. The number of benzene rings is 1. The largest absolute Gasteiger partial charge is 0.338 e. The fourth-order valence-corrected chi connectivity index (χ4v) is 4.14. The minimum atomic E-state index is 0.123. The van der Waals surface area contributed by atoms with Gasteiger partial charge in [-0.15, -0.1) is 0 Å². The van der Waals surface area contributed by atoms with Crippen LogP contribution in [0, 0.1) is 12.8 Å². The Hall–Kier alpha value is -2.89. The fourth-order valence-electron chi connectivity index (χ4n) is 4.14. The third-order valence-electron chi connectivity index (χ3n) is 5.66. The number of nitrogens with zero attached hydrogens (tertiary/aromatic N) is 5. The van der Waals surface area contributed by atoms with Crippen molar-refractivity contribution in [2.45, 2.75) is 39.8 Å². The first kappa shape index (κ1) is 18.5. The van der Waals surface area contributed by atoms with Gasteiger partial charge in [0.25, 0.3) is 5.91 Å². The Bertz CT molecular complexity index is 944. The van der Waals surface area contributed by atoms with E-state index in [-0.39, 0.29) is 5.91 Å². The van der Waals surface area contributed by atoms with Crippen molar-refractivity contribution in [3.05, 3.63) is 60.4 Å². The van der Waals surface area contributed by atoms with Crippen LogP contribution in [0.15, 0.2) is 49.2 Å². The normalized spacial score (nSPS) is 17.1. The molecule has 146 valence electrons. The van der Waals surface area contributed by atoms with Gasteiger partial charge in [0, 0.05) is 55.4 Å². The van der Waals surface area contributed by atoms with Crippen molar-refractivity contribution in [1.29, 1.82) is 0 Å². The average Bonchev–Trinajstić information content (AvgIpc) is 3.37. The van der Waals surface area contributed by atoms with E-state index in [1.54, 1.807) is 6.20 Å². The molecule has 0 spiro atoms. The molecule has 0 unspecified atom stereocenters. The number of carbonyl (C=O) groups is 1. The maximum absolute atomic E-state index is 13.2. The van der Waals surface area contributed by atoms with E-state index in [4.69, 9.17) is 0 Å². The van der Waals surface area contributed by atoms with Gasteiger partial charge in [0.1, 0.15) is 0 Å². The predicted molar refractivity (Wildman–Crippen MR) is 109 cm³/mol. The van der Waals surface area contributed by atoms with E-state index in [1.165, 1.54) is 0 Å². The third kappa shape index (κ3) is 3.72. The molecule has 0 N–H and O–H groups in total. The number of imidazole rings is 1. The van der Waals surface area contributed by atoms with Crippen LogP contribution < -0.4 is 0 Å². The molecule has 6 nitrogen and oxygen atoms in total. The minimum Gasteiger partial charge on any atom is -0.338 e. The summed E-state index contributed by atoms with van der Waals surface area (Å²) in [5.74, 6) is 0.595. The van der Waals surface area contributed by atoms with Gasteiger partial charge in [0.15, 0.2) is 0 Å². The first-order valence-electron chi connectivity index (χ1n) is 10.0. The van der Waals surface area contributed by atoms with Gasteiger partial charge in [-0.25, -0.2) is 4.98 Å². The smallest absolute Gasteiger partial charge is 0.253 e. The number of rotatable bonds is 5. The molecular formula is C22H27N5O. The Morgan fingerprint density at radius 3 is 2.96 bits per heavy atom. The van der Waals surface area contributed by atoms with Crippen LogP contribution in [0.25, 0.3) is 11.1 Å². The third-order valence-corrected chi connectivity index (χ3v) is 5.66. The van der Waals surface area contributed by atoms with Crippen LogP contribution in [-0.2, 0) is 13.1 Å². The van der Waals surface area contributed by atoms with Crippen LogP contribution >= 0.6 is 0 Å². The van der Waals surface area contributed by atoms with Gasteiger partial charge in [-0.2, -0.15) is 5.10 Å². The molecule has 1 fully saturated rings. The zero-order valence-corrected chi connectivity index (χ0v) is 16.6. The van der Waals surface area contributed by atoms with E-state index < -0.39 is 0 Å². The van der Waals surface area contributed by atoms with E-state index in [0.717, 1.165) is 61.4 Å². The quantitative estimate of drug-likeness (QED) is 0.682. The van der Waals surface area contributed by atoms with E-state index in [0.29, 0.717) is 5.92 Å². The SMILES string of the molecule is CCn1ncc(-c2cccc(C(=O)N3CCC[C@@H](Cn4ccnc4)C3)c2)c1C. The van der Waals surface area contributed by atoms with Crippen LogP contribution in [0.4, 0.5) is 0 Å². The highest BCUT2D eigenvalue weighted by atomic mass is 16.2. The average molecular weight is 377 g/mol. The molecule has 1 amide bonds. The highest BCUT2D eigenvalue weighted by Gasteiger charge is 2.25. The Balaban J connectivity index is 1.50. The van der Waals surface area contributed by atoms with Crippen LogP contribution in [-0.4, -0.2) is 43.2 Å². The molecule has 3 heterocycles. The van der Waals surface area contributed by atoms with Crippen molar-refractivity contribution in [3.63, 3.8) is 0 Å². The molecule has 4 rings (SSSR count). The number of carbonyl (C=O) groups excluding carboxylic acids is 1. The van der Waals surface area contributed by atoms with Crippen LogP contribution in [0.3, 0.4) is 0 Å². The van der Waals surface area contributed by atoms with Crippen LogP contribution in [0.1, 0.15) is 35.8 Å². The molecule has 1 aromatic carbocycles. The van der Waals surface area contributed by atoms with Gasteiger partial charge in [-0.05, 0) is 50.3 Å². The highest BCUT2D eigenvalue weighted by Crippen LogP contribution is 2.26. The lowest BCUT2D eigenvalue weighted by Gasteiger charge is -2.33. The summed E-state index contributed by atoms with van der Waals surface area (Å²) in [5.41, 5.74) is 4.03. The molecule has 1 aliphatic heterocycles. The molecule has 28 heavy (non-hydrogen) atoms. The molecular weight excluding hydrogens is 350 g/mol. The van der Waals surface area contributed by atoms with Gasteiger partial charge in [-0.3, -0.25) is 9.48 Å². The predicted octanol–water partition coefficient (Wildman–Crippen LogP) is 3.63. The summed E-state index contributed by atoms with van der Waals surface area (Å²) in [6.45, 7) is 7.55. The van der Waals surface area contributed by atoms with Crippen molar-refractivity contribution >= 4 is 5.91 Å². The summed E-state index contributed by atoms with van der Waals surface area (Å²) < 4.78 is 4.09. The lowest BCUT2D eigenvalue weighted by molar-refractivity contribution is 0.0662. The number of aromatic nitrogens is 4. The lowest BCUT2D eigenvalue weighted by atomic mass is 9.96. The summed E-state index contributed by atoms with van der Waals surface area (Å²) in [4.78, 5) is 19.3. The first-order valence-corrected chi connectivity index (χ1v) is 10.0. The summed E-state index contributed by atoms with van der Waals surface area (Å²) in [7, 11) is 0. The Kier molecular flexibility index (Phi) is 5.28. The summed E-state index contributed by atoms with van der Waals surface area (Å²) in [6, 6.07) is 7.95. The van der Waals surface area contributed by atoms with Crippen LogP contribution in [0.5, 0.6) is 0 Å². The van der Waals surface area contributed by atoms with Gasteiger partial charge < -0.3 is 9.47 Å². The van der Waals surface area contributed by atoms with Crippen molar-refractivity contribution in [2.75, 3.05) is 13.1 Å². The maximum Gasteiger partial charge on any atom is 0.253 e. The maximum atomic E-state index is 13.2. The molecule has 1 atom stereocenters. The summed E-state index contributed by atoms with van der Waals surface area (Å²) in [6.07, 6.45) is 9.74. The van der Waals surface area contributed by atoms with Crippen LogP contribution in [0.2, 0.25) is 0 Å². The Morgan fingerprint density at radius 2 is 2.21 bits per heavy atom. The number of hydrogen-bond acceptors (Lipinski definition) is 3. The number of aryl methyl sites for hydroxylation is 1. The molecule has 0 aliphatic carbocycles. The molecule has 3 aromatic rings. The molecule has 1 saturated heterocycles. The number of likely N-dealkylation sites (tertiary alicyclic amines) is 1. The molecule has 1 aliphatic rings. The Labute approximate surface area is 165 Å². The van der Waals surface area contributed by atoms with Gasteiger partial charge in [0.05, 0.1) is 12.5 Å². The summed E-state index contributed by atoms with van der Waals surface area (Å²) >= 11 is 0. The molecule has 0 bridgehead atoms. The molecule has 6 heteroatoms. The van der Waals surface area contributed by atoms with Gasteiger partial charge >= 0.3 is 0 Å². The van der Waals surface area contributed by atoms with Crippen molar-refractivity contribution in [2.24, 2.45) is 5.92 Å². The highest BCUT2D eigenvalue weighted by molar-refractivity contribution is 5.95. The van der Waals surface area contributed by atoms with E-state index in [1.807, 2.05) is 46.5 Å².